The molecule has 4 rings (SSSR count). The van der Waals surface area contributed by atoms with Gasteiger partial charge in [-0.3, -0.25) is 9.69 Å². The summed E-state index contributed by atoms with van der Waals surface area (Å²) in [5.41, 5.74) is 3.49. The minimum Gasteiger partial charge on any atom is -0.450 e. The molecule has 30 heavy (non-hydrogen) atoms. The van der Waals surface area contributed by atoms with Gasteiger partial charge in [0.25, 0.3) is 15.9 Å². The predicted octanol–water partition coefficient (Wildman–Crippen LogP) is 2.55. The van der Waals surface area contributed by atoms with Crippen LogP contribution in [0, 0.1) is 0 Å². The second-order valence-electron chi connectivity index (χ2n) is 6.73. The maximum absolute atomic E-state index is 13.1. The summed E-state index contributed by atoms with van der Waals surface area (Å²) in [6, 6.07) is 17.3. The summed E-state index contributed by atoms with van der Waals surface area (Å²) < 4.78 is 32.5. The molecule has 8 nitrogen and oxygen atoms in total. The van der Waals surface area contributed by atoms with E-state index in [4.69, 9.17) is 14.3 Å². The third kappa shape index (κ3) is 3.85. The van der Waals surface area contributed by atoms with E-state index in [0.29, 0.717) is 0 Å². The van der Waals surface area contributed by atoms with Gasteiger partial charge < -0.3 is 9.15 Å². The van der Waals surface area contributed by atoms with Gasteiger partial charge in [0.05, 0.1) is 11.4 Å². The molecule has 0 saturated carbocycles. The van der Waals surface area contributed by atoms with Crippen molar-refractivity contribution in [1.82, 2.24) is 0 Å². The van der Waals surface area contributed by atoms with E-state index in [-0.39, 0.29) is 5.76 Å². The predicted molar refractivity (Wildman–Crippen MR) is 108 cm³/mol. The Morgan fingerprint density at radius 1 is 0.933 bits per heavy atom. The van der Waals surface area contributed by atoms with E-state index < -0.39 is 33.6 Å². The van der Waals surface area contributed by atoms with Crippen molar-refractivity contribution in [2.45, 2.75) is 17.9 Å². The number of anilines is 2. The van der Waals surface area contributed by atoms with Gasteiger partial charge >= 0.3 is 5.97 Å². The number of aryl methyl sites for hydroxylation is 2. The van der Waals surface area contributed by atoms with Gasteiger partial charge in [0.15, 0.2) is 6.61 Å². The molecule has 2 aromatic carbocycles. The Labute approximate surface area is 172 Å². The van der Waals surface area contributed by atoms with Crippen LogP contribution in [0.15, 0.2) is 70.2 Å². The van der Waals surface area contributed by atoms with Crippen molar-refractivity contribution in [3.63, 3.8) is 0 Å². The van der Waals surface area contributed by atoms with E-state index in [1.807, 2.05) is 48.5 Å². The number of sulfonamides is 1. The smallest absolute Gasteiger partial charge is 0.374 e. The van der Waals surface area contributed by atoms with E-state index in [1.54, 1.807) is 4.90 Å². The molecule has 1 aliphatic heterocycles. The molecule has 0 radical (unpaired) electrons. The van der Waals surface area contributed by atoms with Crippen LogP contribution in [0.5, 0.6) is 0 Å². The van der Waals surface area contributed by atoms with Gasteiger partial charge in [-0.2, -0.15) is 0 Å². The van der Waals surface area contributed by atoms with Crippen molar-refractivity contribution < 1.29 is 27.2 Å². The fourth-order valence-corrected chi connectivity index (χ4v) is 3.86. The fraction of sp³-hybridized carbons (Fsp3) is 0.143. The minimum absolute atomic E-state index is 0.358. The molecule has 0 aliphatic carbocycles. The number of nitrogens with two attached hydrogens (primary N) is 1. The largest absolute Gasteiger partial charge is 0.450 e. The third-order valence-electron chi connectivity index (χ3n) is 4.77. The quantitative estimate of drug-likeness (QED) is 0.640. The Balaban J connectivity index is 1.58. The SMILES string of the molecule is NS(=O)(=O)c1ccc(C(=O)OCC(=O)N2c3ccccc3CCc3ccccc32)o1. The van der Waals surface area contributed by atoms with Gasteiger partial charge in [0.2, 0.25) is 10.9 Å². The Morgan fingerprint density at radius 3 is 2.03 bits per heavy atom. The number of para-hydroxylation sites is 2. The monoisotopic (exact) mass is 426 g/mol. The fourth-order valence-electron chi connectivity index (χ4n) is 3.39. The zero-order chi connectivity index (χ0) is 21.3. The molecule has 1 aromatic heterocycles. The van der Waals surface area contributed by atoms with Crippen LogP contribution < -0.4 is 10.0 Å². The highest BCUT2D eigenvalue weighted by Crippen LogP contribution is 2.36. The summed E-state index contributed by atoms with van der Waals surface area (Å²) in [7, 11) is -4.08. The lowest BCUT2D eigenvalue weighted by atomic mass is 10.0. The number of carbonyl (C=O) groups excluding carboxylic acids is 2. The molecule has 2 heterocycles. The van der Waals surface area contributed by atoms with Crippen LogP contribution in [0.1, 0.15) is 21.7 Å². The summed E-state index contributed by atoms with van der Waals surface area (Å²) in [5, 5.41) is 4.40. The summed E-state index contributed by atoms with van der Waals surface area (Å²) in [5.74, 6) is -1.76. The number of amides is 1. The van der Waals surface area contributed by atoms with E-state index in [2.05, 4.69) is 0 Å². The van der Waals surface area contributed by atoms with Crippen LogP contribution in [-0.2, 0) is 32.4 Å². The summed E-state index contributed by atoms with van der Waals surface area (Å²) >= 11 is 0. The van der Waals surface area contributed by atoms with Crippen molar-refractivity contribution >= 4 is 33.3 Å². The number of primary sulfonamides is 1. The Hall–Kier alpha value is -3.43. The Morgan fingerprint density at radius 2 is 1.50 bits per heavy atom. The maximum Gasteiger partial charge on any atom is 0.374 e. The first-order valence-electron chi connectivity index (χ1n) is 9.13. The van der Waals surface area contributed by atoms with Crippen LogP contribution in [0.4, 0.5) is 11.4 Å². The van der Waals surface area contributed by atoms with Crippen molar-refractivity contribution in [1.29, 1.82) is 0 Å². The third-order valence-corrected chi connectivity index (χ3v) is 5.55. The van der Waals surface area contributed by atoms with Crippen LogP contribution >= 0.6 is 0 Å². The molecule has 0 fully saturated rings. The normalized spacial score (nSPS) is 13.2. The molecular formula is C21H18N2O6S. The molecule has 1 amide bonds. The van der Waals surface area contributed by atoms with Crippen molar-refractivity contribution in [2.75, 3.05) is 11.5 Å². The number of furan rings is 1. The number of benzene rings is 2. The summed E-state index contributed by atoms with van der Waals surface area (Å²) in [6.45, 7) is -0.549. The lowest BCUT2D eigenvalue weighted by Crippen LogP contribution is -2.31. The highest BCUT2D eigenvalue weighted by Gasteiger charge is 2.27. The topological polar surface area (TPSA) is 120 Å². The molecule has 9 heteroatoms. The van der Waals surface area contributed by atoms with E-state index >= 15 is 0 Å². The second kappa shape index (κ2) is 7.77. The molecule has 0 spiro atoms. The Bertz CT molecular complexity index is 1180. The van der Waals surface area contributed by atoms with Crippen LogP contribution in [0.3, 0.4) is 0 Å². The number of carbonyl (C=O) groups is 2. The highest BCUT2D eigenvalue weighted by atomic mass is 32.2. The molecule has 2 N–H and O–H groups in total. The molecule has 0 atom stereocenters. The summed E-state index contributed by atoms with van der Waals surface area (Å²) in [6.07, 6.45) is 1.55. The molecule has 1 aliphatic rings. The minimum atomic E-state index is -4.08. The molecule has 3 aromatic rings. The van der Waals surface area contributed by atoms with E-state index in [9.17, 15) is 18.0 Å². The molecule has 0 unspecified atom stereocenters. The standard InChI is InChI=1S/C21H18N2O6S/c22-30(26,27)20-12-11-18(29-20)21(25)28-13-19(24)23-16-7-3-1-5-14(16)9-10-15-6-2-4-8-17(15)23/h1-8,11-12H,9-10,13H2,(H2,22,26,27). The van der Waals surface area contributed by atoms with Gasteiger partial charge in [0.1, 0.15) is 0 Å². The average molecular weight is 426 g/mol. The van der Waals surface area contributed by atoms with Crippen LogP contribution in [0.2, 0.25) is 0 Å². The van der Waals surface area contributed by atoms with Crippen LogP contribution in [-0.4, -0.2) is 26.9 Å². The lowest BCUT2D eigenvalue weighted by Gasteiger charge is -2.24. The van der Waals surface area contributed by atoms with E-state index in [1.165, 1.54) is 0 Å². The van der Waals surface area contributed by atoms with Gasteiger partial charge in [-0.05, 0) is 48.2 Å². The first-order valence-corrected chi connectivity index (χ1v) is 10.7. The van der Waals surface area contributed by atoms with Crippen molar-refractivity contribution in [2.24, 2.45) is 5.14 Å². The van der Waals surface area contributed by atoms with Gasteiger partial charge in [-0.1, -0.05) is 36.4 Å². The second-order valence-corrected chi connectivity index (χ2v) is 8.22. The van der Waals surface area contributed by atoms with Crippen molar-refractivity contribution in [3.05, 3.63) is 77.6 Å². The number of hydrogen-bond donors (Lipinski definition) is 1. The molecule has 154 valence electrons. The van der Waals surface area contributed by atoms with Gasteiger partial charge in [0, 0.05) is 0 Å². The van der Waals surface area contributed by atoms with Crippen molar-refractivity contribution in [3.8, 4) is 0 Å². The van der Waals surface area contributed by atoms with Gasteiger partial charge in [-0.15, -0.1) is 0 Å². The molecule has 0 saturated heterocycles. The van der Waals surface area contributed by atoms with Gasteiger partial charge in [-0.25, -0.2) is 18.4 Å². The molecule has 0 bridgehead atoms. The van der Waals surface area contributed by atoms with Crippen LogP contribution in [0.25, 0.3) is 0 Å². The summed E-state index contributed by atoms with van der Waals surface area (Å²) in [4.78, 5) is 26.8. The lowest BCUT2D eigenvalue weighted by molar-refractivity contribution is -0.121. The van der Waals surface area contributed by atoms with E-state index in [0.717, 1.165) is 47.5 Å². The number of fused-ring (bicyclic) bond motifs is 2. The number of hydrogen-bond acceptors (Lipinski definition) is 6. The number of ether oxygens (including phenoxy) is 1. The zero-order valence-electron chi connectivity index (χ0n) is 15.8. The highest BCUT2D eigenvalue weighted by molar-refractivity contribution is 7.89. The first-order chi connectivity index (χ1) is 14.3. The zero-order valence-corrected chi connectivity index (χ0v) is 16.6. The number of rotatable bonds is 4. The number of nitrogens with zero attached hydrogens (tertiary/aromatic N) is 1. The Kier molecular flexibility index (Phi) is 5.15. The maximum atomic E-state index is 13.1. The number of esters is 1. The molecular weight excluding hydrogens is 408 g/mol. The average Bonchev–Trinajstić information content (AvgIpc) is 3.17. The first kappa shape index (κ1) is 19.9.